The monoisotopic (exact) mass is 350 g/mol. The van der Waals surface area contributed by atoms with E-state index >= 15 is 0 Å². The lowest BCUT2D eigenvalue weighted by molar-refractivity contribution is -0.129. The third-order valence-corrected chi connectivity index (χ3v) is 3.20. The predicted molar refractivity (Wildman–Crippen MR) is 76.0 cm³/mol. The van der Waals surface area contributed by atoms with Crippen molar-refractivity contribution in [1.29, 1.82) is 0 Å². The lowest BCUT2D eigenvalue weighted by Crippen LogP contribution is -2.45. The summed E-state index contributed by atoms with van der Waals surface area (Å²) in [6.45, 7) is 1.79. The van der Waals surface area contributed by atoms with Crippen molar-refractivity contribution in [3.05, 3.63) is 28.2 Å². The van der Waals surface area contributed by atoms with Crippen LogP contribution in [0, 0.1) is 6.92 Å². The van der Waals surface area contributed by atoms with E-state index in [2.05, 4.69) is 21.2 Å². The van der Waals surface area contributed by atoms with E-state index in [9.17, 15) is 13.6 Å². The van der Waals surface area contributed by atoms with Crippen LogP contribution in [0.3, 0.4) is 0 Å². The van der Waals surface area contributed by atoms with Gasteiger partial charge in [0.2, 0.25) is 0 Å². The number of hydrogen-bond donors (Lipinski definition) is 2. The summed E-state index contributed by atoms with van der Waals surface area (Å²) in [5.74, 6) is -3.26. The van der Waals surface area contributed by atoms with Crippen molar-refractivity contribution in [3.63, 3.8) is 0 Å². The summed E-state index contributed by atoms with van der Waals surface area (Å²) in [6.07, 6.45) is -0.886. The molecule has 1 unspecified atom stereocenters. The van der Waals surface area contributed by atoms with Gasteiger partial charge in [-0.25, -0.2) is 8.78 Å². The predicted octanol–water partition coefficient (Wildman–Crippen LogP) is 2.24. The van der Waals surface area contributed by atoms with Gasteiger partial charge in [0.15, 0.2) is 6.10 Å². The van der Waals surface area contributed by atoms with Crippen molar-refractivity contribution in [2.75, 3.05) is 13.1 Å². The Hall–Kier alpha value is -1.21. The molecule has 0 aliphatic carbocycles. The summed E-state index contributed by atoms with van der Waals surface area (Å²) in [6, 6.07) is 5.37. The van der Waals surface area contributed by atoms with Crippen LogP contribution < -0.4 is 15.8 Å². The number of aryl methyl sites for hydroxylation is 1. The number of benzene rings is 1. The maximum Gasteiger partial charge on any atom is 0.277 e. The van der Waals surface area contributed by atoms with Gasteiger partial charge in [0.25, 0.3) is 11.8 Å². The zero-order chi connectivity index (χ0) is 15.3. The second kappa shape index (κ2) is 6.99. The van der Waals surface area contributed by atoms with Crippen LogP contribution in [0.5, 0.6) is 5.75 Å². The van der Waals surface area contributed by atoms with Gasteiger partial charge in [0.1, 0.15) is 5.75 Å². The van der Waals surface area contributed by atoms with Gasteiger partial charge >= 0.3 is 0 Å². The molecule has 3 N–H and O–H groups in total. The van der Waals surface area contributed by atoms with Crippen LogP contribution in [-0.2, 0) is 4.79 Å². The van der Waals surface area contributed by atoms with E-state index < -0.39 is 31.0 Å². The Labute approximate surface area is 124 Å². The number of ether oxygens (including phenoxy) is 1. The first-order chi connectivity index (χ1) is 9.25. The summed E-state index contributed by atoms with van der Waals surface area (Å²) in [5.41, 5.74) is 5.92. The van der Waals surface area contributed by atoms with Gasteiger partial charge in [0.05, 0.1) is 17.6 Å². The largest absolute Gasteiger partial charge is 0.480 e. The number of alkyl halides is 2. The Balaban J connectivity index is 2.57. The highest BCUT2D eigenvalue weighted by molar-refractivity contribution is 9.10. The highest BCUT2D eigenvalue weighted by Gasteiger charge is 2.28. The quantitative estimate of drug-likeness (QED) is 0.826. The third-order valence-electron chi connectivity index (χ3n) is 2.58. The van der Waals surface area contributed by atoms with Gasteiger partial charge in [-0.3, -0.25) is 4.79 Å². The lowest BCUT2D eigenvalue weighted by atomic mass is 10.2. The molecule has 0 saturated heterocycles. The van der Waals surface area contributed by atoms with Gasteiger partial charge in [-0.2, -0.15) is 0 Å². The molecule has 0 aromatic heterocycles. The Kier molecular flexibility index (Phi) is 5.88. The molecule has 112 valence electrons. The molecule has 0 spiro atoms. The van der Waals surface area contributed by atoms with Gasteiger partial charge in [-0.15, -0.1) is 0 Å². The molecular weight excluding hydrogens is 334 g/mol. The molecule has 1 atom stereocenters. The van der Waals surface area contributed by atoms with Crippen LogP contribution >= 0.6 is 15.9 Å². The fraction of sp³-hybridized carbons (Fsp3) is 0.462. The Bertz CT molecular complexity index is 483. The summed E-state index contributed by atoms with van der Waals surface area (Å²) < 4.78 is 32.0. The van der Waals surface area contributed by atoms with E-state index in [4.69, 9.17) is 10.5 Å². The number of carbonyl (C=O) groups is 1. The maximum absolute atomic E-state index is 12.9. The molecule has 1 amide bonds. The number of nitrogens with two attached hydrogens (primary N) is 1. The van der Waals surface area contributed by atoms with Crippen LogP contribution in [0.15, 0.2) is 22.7 Å². The zero-order valence-corrected chi connectivity index (χ0v) is 12.8. The summed E-state index contributed by atoms with van der Waals surface area (Å²) >= 11 is 3.31. The molecule has 20 heavy (non-hydrogen) atoms. The minimum atomic E-state index is -3.11. The Morgan fingerprint density at radius 3 is 2.75 bits per heavy atom. The molecule has 0 saturated carbocycles. The smallest absolute Gasteiger partial charge is 0.277 e. The molecule has 1 rings (SSSR count). The average molecular weight is 351 g/mol. The van der Waals surface area contributed by atoms with E-state index in [1.54, 1.807) is 6.07 Å². The highest BCUT2D eigenvalue weighted by Crippen LogP contribution is 2.26. The van der Waals surface area contributed by atoms with Crippen molar-refractivity contribution in [3.8, 4) is 5.75 Å². The van der Waals surface area contributed by atoms with Gasteiger partial charge in [-0.1, -0.05) is 6.07 Å². The molecule has 0 aliphatic heterocycles. The fourth-order valence-corrected chi connectivity index (χ4v) is 1.96. The molecule has 1 aromatic rings. The van der Waals surface area contributed by atoms with Gasteiger partial charge in [0, 0.05) is 0 Å². The number of hydrogen-bond acceptors (Lipinski definition) is 3. The van der Waals surface area contributed by atoms with Crippen molar-refractivity contribution >= 4 is 21.8 Å². The maximum atomic E-state index is 12.9. The number of nitrogens with one attached hydrogen (secondary N) is 1. The average Bonchev–Trinajstić information content (AvgIpc) is 2.39. The van der Waals surface area contributed by atoms with Crippen molar-refractivity contribution < 1.29 is 18.3 Å². The third kappa shape index (κ3) is 5.05. The Morgan fingerprint density at radius 1 is 1.55 bits per heavy atom. The van der Waals surface area contributed by atoms with Crippen molar-refractivity contribution in [1.82, 2.24) is 5.32 Å². The molecule has 0 bridgehead atoms. The van der Waals surface area contributed by atoms with Gasteiger partial charge in [-0.05, 0) is 47.5 Å². The molecule has 1 aromatic carbocycles. The standard InChI is InChI=1S/C13H17BrF2N2O2/c1-8-3-4-11(10(14)5-8)20-9(2)12(19)18-7-13(15,16)6-17/h3-5,9H,6-7,17H2,1-2H3,(H,18,19). The Morgan fingerprint density at radius 2 is 2.20 bits per heavy atom. The molecule has 0 aliphatic rings. The van der Waals surface area contributed by atoms with Crippen molar-refractivity contribution in [2.24, 2.45) is 5.73 Å². The minimum absolute atomic E-state index is 0.476. The minimum Gasteiger partial charge on any atom is -0.480 e. The number of halogens is 3. The van der Waals surface area contributed by atoms with Crippen LogP contribution in [-0.4, -0.2) is 31.0 Å². The fourth-order valence-electron chi connectivity index (χ4n) is 1.38. The highest BCUT2D eigenvalue weighted by atomic mass is 79.9. The lowest BCUT2D eigenvalue weighted by Gasteiger charge is -2.18. The van der Waals surface area contributed by atoms with E-state index in [1.165, 1.54) is 6.92 Å². The second-order valence-electron chi connectivity index (χ2n) is 4.47. The van der Waals surface area contributed by atoms with E-state index in [0.29, 0.717) is 10.2 Å². The molecule has 7 heteroatoms. The molecule has 0 fully saturated rings. The topological polar surface area (TPSA) is 64.3 Å². The van der Waals surface area contributed by atoms with Crippen LogP contribution in [0.25, 0.3) is 0 Å². The number of rotatable bonds is 6. The number of amides is 1. The molecular formula is C13H17BrF2N2O2. The summed E-state index contributed by atoms with van der Waals surface area (Å²) in [4.78, 5) is 11.7. The van der Waals surface area contributed by atoms with Gasteiger partial charge < -0.3 is 15.8 Å². The van der Waals surface area contributed by atoms with E-state index in [-0.39, 0.29) is 0 Å². The normalized spacial score (nSPS) is 12.9. The summed E-state index contributed by atoms with van der Waals surface area (Å²) in [7, 11) is 0. The van der Waals surface area contributed by atoms with Crippen molar-refractivity contribution in [2.45, 2.75) is 25.9 Å². The van der Waals surface area contributed by atoms with Crippen LogP contribution in [0.4, 0.5) is 8.78 Å². The first kappa shape index (κ1) is 16.8. The van der Waals surface area contributed by atoms with E-state index in [0.717, 1.165) is 5.56 Å². The van der Waals surface area contributed by atoms with Crippen LogP contribution in [0.2, 0.25) is 0 Å². The molecule has 0 radical (unpaired) electrons. The van der Waals surface area contributed by atoms with E-state index in [1.807, 2.05) is 19.1 Å². The first-order valence-corrected chi connectivity index (χ1v) is 6.83. The molecule has 0 heterocycles. The first-order valence-electron chi connectivity index (χ1n) is 6.03. The molecule has 4 nitrogen and oxygen atoms in total. The SMILES string of the molecule is Cc1ccc(OC(C)C(=O)NCC(F)(F)CN)c(Br)c1. The summed E-state index contributed by atoms with van der Waals surface area (Å²) in [5, 5.41) is 2.12. The number of carbonyl (C=O) groups excluding carboxylic acids is 1. The second-order valence-corrected chi connectivity index (χ2v) is 5.33. The zero-order valence-electron chi connectivity index (χ0n) is 11.3. The van der Waals surface area contributed by atoms with Crippen LogP contribution in [0.1, 0.15) is 12.5 Å².